The molecule has 35 heavy (non-hydrogen) atoms. The van der Waals surface area contributed by atoms with Crippen LogP contribution in [0, 0.1) is 18.3 Å². The van der Waals surface area contributed by atoms with Crippen LogP contribution < -0.4 is 0 Å². The maximum absolute atomic E-state index is 13.5. The molecule has 3 rings (SSSR count). The van der Waals surface area contributed by atoms with Crippen molar-refractivity contribution in [1.29, 1.82) is 0 Å². The Balaban J connectivity index is 1.79. The molecule has 2 aromatic carbocycles. The Morgan fingerprint density at radius 1 is 0.971 bits per heavy atom. The lowest BCUT2D eigenvalue weighted by molar-refractivity contribution is 0.0282. The summed E-state index contributed by atoms with van der Waals surface area (Å²) in [4.78, 5) is 14.2. The van der Waals surface area contributed by atoms with Gasteiger partial charge in [0.05, 0.1) is 10.4 Å². The molecule has 0 N–H and O–H groups in total. The van der Waals surface area contributed by atoms with E-state index in [9.17, 15) is 13.2 Å². The summed E-state index contributed by atoms with van der Waals surface area (Å²) < 4.78 is 33.3. The predicted octanol–water partition coefficient (Wildman–Crippen LogP) is 7.25. The number of carbonyl (C=O) groups is 1. The lowest BCUT2D eigenvalue weighted by atomic mass is 10.0. The number of nitrogens with zero attached hydrogens (tertiary/aromatic N) is 1. The summed E-state index contributed by atoms with van der Waals surface area (Å²) in [6.07, 6.45) is -0.870. The molecule has 0 aromatic heterocycles. The lowest BCUT2D eigenvalue weighted by Crippen LogP contribution is -2.51. The Kier molecular flexibility index (Phi) is 7.47. The van der Waals surface area contributed by atoms with Crippen LogP contribution in [0.2, 0.25) is 0 Å². The van der Waals surface area contributed by atoms with E-state index in [0.717, 1.165) is 15.6 Å². The zero-order chi connectivity index (χ0) is 26.4. The Morgan fingerprint density at radius 2 is 1.51 bits per heavy atom. The SMILES string of the molecule is Cc1ccc(SC[C@@H]2[C@@H](c3ccc(S(=O)(=O)N(C(=O)OC(C)(C)C)C(C)(C)C)cc3)C2(C)C)cc1. The van der Waals surface area contributed by atoms with Crippen molar-refractivity contribution < 1.29 is 17.9 Å². The largest absolute Gasteiger partial charge is 0.443 e. The van der Waals surface area contributed by atoms with Crippen molar-refractivity contribution in [2.75, 3.05) is 5.75 Å². The van der Waals surface area contributed by atoms with Crippen LogP contribution in [0.25, 0.3) is 0 Å². The third kappa shape index (κ3) is 6.23. The van der Waals surface area contributed by atoms with Gasteiger partial charge in [-0.1, -0.05) is 43.7 Å². The van der Waals surface area contributed by atoms with Crippen molar-refractivity contribution in [3.05, 3.63) is 59.7 Å². The standard InChI is InChI=1S/C28H39NO4S2/c1-19-10-14-21(15-11-19)34-18-23-24(28(23,8)9)20-12-16-22(17-13-20)35(31,32)29(26(2,3)4)25(30)33-27(5,6)7/h10-17,23-24H,18H2,1-9H3/t23-,24-/m1/s1. The molecule has 0 bridgehead atoms. The summed E-state index contributed by atoms with van der Waals surface area (Å²) in [7, 11) is -4.09. The van der Waals surface area contributed by atoms with Gasteiger partial charge in [0.1, 0.15) is 5.60 Å². The van der Waals surface area contributed by atoms with Crippen molar-refractivity contribution in [2.45, 2.75) is 89.2 Å². The van der Waals surface area contributed by atoms with Crippen LogP contribution in [0.4, 0.5) is 4.79 Å². The molecular weight excluding hydrogens is 478 g/mol. The topological polar surface area (TPSA) is 63.7 Å². The number of thioether (sulfide) groups is 1. The summed E-state index contributed by atoms with van der Waals surface area (Å²) in [5, 5.41) is 0. The zero-order valence-corrected chi connectivity index (χ0v) is 24.0. The Morgan fingerprint density at radius 3 is 2.00 bits per heavy atom. The minimum absolute atomic E-state index is 0.0890. The number of carbonyl (C=O) groups excluding carboxylic acids is 1. The van der Waals surface area contributed by atoms with Crippen LogP contribution in [0.1, 0.15) is 72.4 Å². The monoisotopic (exact) mass is 517 g/mol. The normalized spacial score (nSPS) is 19.8. The van der Waals surface area contributed by atoms with Gasteiger partial charge in [0.2, 0.25) is 0 Å². The van der Waals surface area contributed by atoms with E-state index in [0.29, 0.717) is 11.8 Å². The van der Waals surface area contributed by atoms with Gasteiger partial charge in [-0.3, -0.25) is 0 Å². The predicted molar refractivity (Wildman–Crippen MR) is 143 cm³/mol. The van der Waals surface area contributed by atoms with Crippen LogP contribution in [-0.4, -0.2) is 35.7 Å². The number of hydrogen-bond acceptors (Lipinski definition) is 5. The molecule has 0 saturated heterocycles. The first-order valence-corrected chi connectivity index (χ1v) is 14.4. The lowest BCUT2D eigenvalue weighted by Gasteiger charge is -2.35. The summed E-state index contributed by atoms with van der Waals surface area (Å²) >= 11 is 1.87. The fourth-order valence-corrected chi connectivity index (χ4v) is 7.49. The average molecular weight is 518 g/mol. The molecule has 2 aromatic rings. The first kappa shape index (κ1) is 27.6. The number of amides is 1. The van der Waals surface area contributed by atoms with Crippen LogP contribution in [0.5, 0.6) is 0 Å². The highest BCUT2D eigenvalue weighted by molar-refractivity contribution is 7.99. The van der Waals surface area contributed by atoms with Crippen molar-refractivity contribution in [3.63, 3.8) is 0 Å². The van der Waals surface area contributed by atoms with Gasteiger partial charge in [0.15, 0.2) is 0 Å². The van der Waals surface area contributed by atoms with Crippen molar-refractivity contribution in [3.8, 4) is 0 Å². The number of benzene rings is 2. The summed E-state index contributed by atoms with van der Waals surface area (Å²) in [6, 6.07) is 15.6. The molecule has 0 aliphatic heterocycles. The number of aryl methyl sites for hydroxylation is 1. The van der Waals surface area contributed by atoms with Gasteiger partial charge in [-0.25, -0.2) is 13.2 Å². The van der Waals surface area contributed by atoms with Crippen molar-refractivity contribution >= 4 is 27.9 Å². The molecule has 0 radical (unpaired) electrons. The molecule has 1 fully saturated rings. The van der Waals surface area contributed by atoms with E-state index in [1.807, 2.05) is 23.9 Å². The number of hydrogen-bond donors (Lipinski definition) is 0. The van der Waals surface area contributed by atoms with Gasteiger partial charge < -0.3 is 4.74 Å². The van der Waals surface area contributed by atoms with Crippen LogP contribution in [0.15, 0.2) is 58.3 Å². The minimum atomic E-state index is -4.09. The fraction of sp³-hybridized carbons (Fsp3) is 0.536. The van der Waals surface area contributed by atoms with E-state index in [4.69, 9.17) is 4.74 Å². The first-order valence-electron chi connectivity index (χ1n) is 12.0. The van der Waals surface area contributed by atoms with Crippen molar-refractivity contribution in [2.24, 2.45) is 11.3 Å². The van der Waals surface area contributed by atoms with Gasteiger partial charge in [-0.15, -0.1) is 11.8 Å². The van der Waals surface area contributed by atoms with Gasteiger partial charge in [0.25, 0.3) is 10.0 Å². The highest BCUT2D eigenvalue weighted by Gasteiger charge is 2.57. The Labute approximate surface area is 215 Å². The van der Waals surface area contributed by atoms with Gasteiger partial charge in [-0.05, 0) is 95.5 Å². The highest BCUT2D eigenvalue weighted by atomic mass is 32.2. The van der Waals surface area contributed by atoms with Crippen molar-refractivity contribution in [1.82, 2.24) is 4.31 Å². The molecule has 1 amide bonds. The second kappa shape index (κ2) is 9.47. The van der Waals surface area contributed by atoms with E-state index >= 15 is 0 Å². The van der Waals surface area contributed by atoms with Crippen LogP contribution in [0.3, 0.4) is 0 Å². The van der Waals surface area contributed by atoms with Gasteiger partial charge in [-0.2, -0.15) is 4.31 Å². The molecule has 0 spiro atoms. The second-order valence-electron chi connectivity index (χ2n) is 12.0. The molecule has 0 unspecified atom stereocenters. The average Bonchev–Trinajstić information content (AvgIpc) is 3.25. The van der Waals surface area contributed by atoms with E-state index < -0.39 is 27.3 Å². The molecule has 0 heterocycles. The summed E-state index contributed by atoms with van der Waals surface area (Å²) in [6.45, 7) is 16.9. The number of sulfonamides is 1. The van der Waals surface area contributed by atoms with E-state index in [2.05, 4.69) is 45.0 Å². The molecular formula is C28H39NO4S2. The zero-order valence-electron chi connectivity index (χ0n) is 22.4. The van der Waals surface area contributed by atoms with E-state index in [1.54, 1.807) is 53.7 Å². The highest BCUT2D eigenvalue weighted by Crippen LogP contribution is 2.65. The molecule has 1 aliphatic rings. The van der Waals surface area contributed by atoms with Crippen LogP contribution in [-0.2, 0) is 14.8 Å². The smallest absolute Gasteiger partial charge is 0.424 e. The Bertz CT molecular complexity index is 1160. The summed E-state index contributed by atoms with van der Waals surface area (Å²) in [5.41, 5.74) is 0.750. The quantitative estimate of drug-likeness (QED) is 0.378. The maximum atomic E-state index is 13.5. The fourth-order valence-electron chi connectivity index (χ4n) is 4.53. The van der Waals surface area contributed by atoms with Gasteiger partial charge in [0, 0.05) is 10.6 Å². The third-order valence-corrected chi connectivity index (χ3v) is 9.62. The minimum Gasteiger partial charge on any atom is -0.443 e. The number of ether oxygens (including phenoxy) is 1. The Hall–Kier alpha value is -1.99. The number of rotatable bonds is 6. The second-order valence-corrected chi connectivity index (χ2v) is 14.9. The van der Waals surface area contributed by atoms with E-state index in [1.165, 1.54) is 10.5 Å². The molecule has 7 heteroatoms. The molecule has 2 atom stereocenters. The molecule has 5 nitrogen and oxygen atoms in total. The summed E-state index contributed by atoms with van der Waals surface area (Å²) in [5.74, 6) is 1.88. The van der Waals surface area contributed by atoms with Crippen LogP contribution >= 0.6 is 11.8 Å². The molecule has 192 valence electrons. The first-order chi connectivity index (χ1) is 15.9. The third-order valence-electron chi connectivity index (χ3n) is 6.45. The van der Waals surface area contributed by atoms with Gasteiger partial charge >= 0.3 is 6.09 Å². The molecule has 1 saturated carbocycles. The maximum Gasteiger partial charge on any atom is 0.424 e. The van der Waals surface area contributed by atoms with E-state index in [-0.39, 0.29) is 10.3 Å². The molecule has 1 aliphatic carbocycles.